The summed E-state index contributed by atoms with van der Waals surface area (Å²) < 4.78 is 6.17. The molecule has 2 aromatic rings. The zero-order valence-electron chi connectivity index (χ0n) is 14.0. The first-order valence-electron chi connectivity index (χ1n) is 7.64. The summed E-state index contributed by atoms with van der Waals surface area (Å²) >= 11 is 3.40. The highest BCUT2D eigenvalue weighted by atomic mass is 79.9. The first kappa shape index (κ1) is 18.7. The molecule has 0 heterocycles. The maximum absolute atomic E-state index is 12.0. The molecule has 2 amide bonds. The maximum atomic E-state index is 12.0. The molecule has 0 atom stereocenters. The number of carbonyl (C=O) groups excluding carboxylic acids is 2. The molecule has 0 saturated carbocycles. The highest BCUT2D eigenvalue weighted by molar-refractivity contribution is 9.10. The number of benzene rings is 2. The van der Waals surface area contributed by atoms with Crippen molar-refractivity contribution >= 4 is 39.5 Å². The van der Waals surface area contributed by atoms with Crippen LogP contribution < -0.4 is 15.4 Å². The van der Waals surface area contributed by atoms with Crippen LogP contribution in [0.4, 0.5) is 5.69 Å². The summed E-state index contributed by atoms with van der Waals surface area (Å²) in [5.74, 6) is 0.342. The normalized spacial score (nSPS) is 10.5. The molecule has 0 unspecified atom stereocenters. The number of halogens is 1. The second-order valence-electron chi connectivity index (χ2n) is 5.32. The van der Waals surface area contributed by atoms with Gasteiger partial charge in [0.1, 0.15) is 5.75 Å². The van der Waals surface area contributed by atoms with Gasteiger partial charge in [-0.2, -0.15) is 0 Å². The van der Waals surface area contributed by atoms with Crippen LogP contribution >= 0.6 is 15.9 Å². The average Bonchev–Trinajstić information content (AvgIpc) is 2.58. The number of nitrogens with one attached hydrogen (secondary N) is 2. The summed E-state index contributed by atoms with van der Waals surface area (Å²) in [7, 11) is 1.59. The Hall–Kier alpha value is -2.60. The minimum atomic E-state index is -0.216. The van der Waals surface area contributed by atoms with E-state index < -0.39 is 0 Å². The molecule has 25 heavy (non-hydrogen) atoms. The van der Waals surface area contributed by atoms with Crippen LogP contribution in [0, 0.1) is 0 Å². The SMILES string of the molecule is COc1ccc(Br)cc1/C=C/C(=O)NCc1cccc(NC(C)=O)c1. The number of methoxy groups -OCH3 is 1. The number of amides is 2. The molecule has 0 saturated heterocycles. The van der Waals surface area contributed by atoms with Gasteiger partial charge in [0.05, 0.1) is 7.11 Å². The summed E-state index contributed by atoms with van der Waals surface area (Å²) in [4.78, 5) is 23.1. The van der Waals surface area contributed by atoms with Crippen molar-refractivity contribution in [1.82, 2.24) is 5.32 Å². The van der Waals surface area contributed by atoms with E-state index in [0.29, 0.717) is 18.0 Å². The lowest BCUT2D eigenvalue weighted by molar-refractivity contribution is -0.116. The Morgan fingerprint density at radius 3 is 2.72 bits per heavy atom. The fourth-order valence-electron chi connectivity index (χ4n) is 2.21. The highest BCUT2D eigenvalue weighted by Crippen LogP contribution is 2.24. The summed E-state index contributed by atoms with van der Waals surface area (Å²) in [6.07, 6.45) is 3.16. The van der Waals surface area contributed by atoms with Gasteiger partial charge in [-0.3, -0.25) is 9.59 Å². The molecule has 0 aliphatic heterocycles. The first-order valence-corrected chi connectivity index (χ1v) is 8.43. The Morgan fingerprint density at radius 2 is 2.00 bits per heavy atom. The zero-order valence-corrected chi connectivity index (χ0v) is 15.6. The Balaban J connectivity index is 1.97. The van der Waals surface area contributed by atoms with Gasteiger partial charge in [-0.15, -0.1) is 0 Å². The van der Waals surface area contributed by atoms with Crippen LogP contribution in [-0.2, 0) is 16.1 Å². The van der Waals surface area contributed by atoms with Crippen molar-refractivity contribution in [3.05, 3.63) is 64.1 Å². The van der Waals surface area contributed by atoms with Gasteiger partial charge in [0.15, 0.2) is 0 Å². The highest BCUT2D eigenvalue weighted by Gasteiger charge is 2.03. The standard InChI is InChI=1S/C19H19BrN2O3/c1-13(23)22-17-5-3-4-14(10-17)12-21-19(24)9-6-15-11-16(20)7-8-18(15)25-2/h3-11H,12H2,1-2H3,(H,21,24)(H,22,23)/b9-6+. The molecule has 2 aromatic carbocycles. The van der Waals surface area contributed by atoms with E-state index in [2.05, 4.69) is 26.6 Å². The van der Waals surface area contributed by atoms with E-state index in [9.17, 15) is 9.59 Å². The van der Waals surface area contributed by atoms with Crippen molar-refractivity contribution < 1.29 is 14.3 Å². The van der Waals surface area contributed by atoms with Crippen molar-refractivity contribution in [2.24, 2.45) is 0 Å². The monoisotopic (exact) mass is 402 g/mol. The molecule has 5 nitrogen and oxygen atoms in total. The molecule has 0 radical (unpaired) electrons. The van der Waals surface area contributed by atoms with E-state index in [1.54, 1.807) is 19.3 Å². The Morgan fingerprint density at radius 1 is 1.20 bits per heavy atom. The number of hydrogen-bond donors (Lipinski definition) is 2. The Kier molecular flexibility index (Phi) is 6.77. The molecule has 0 bridgehead atoms. The lowest BCUT2D eigenvalue weighted by Gasteiger charge is -2.07. The van der Waals surface area contributed by atoms with Crippen molar-refractivity contribution in [3.63, 3.8) is 0 Å². The third kappa shape index (κ3) is 6.08. The second kappa shape index (κ2) is 9.03. The largest absolute Gasteiger partial charge is 0.496 e. The molecule has 2 rings (SSSR count). The third-order valence-corrected chi connectivity index (χ3v) is 3.81. The predicted octanol–water partition coefficient (Wildman–Crippen LogP) is 3.75. The van der Waals surface area contributed by atoms with E-state index in [1.165, 1.54) is 13.0 Å². The molecular weight excluding hydrogens is 384 g/mol. The lowest BCUT2D eigenvalue weighted by atomic mass is 10.2. The average molecular weight is 403 g/mol. The number of carbonyl (C=O) groups is 2. The van der Waals surface area contributed by atoms with Crippen molar-refractivity contribution in [2.45, 2.75) is 13.5 Å². The summed E-state index contributed by atoms with van der Waals surface area (Å²) in [6, 6.07) is 12.9. The topological polar surface area (TPSA) is 67.4 Å². The minimum Gasteiger partial charge on any atom is -0.496 e. The van der Waals surface area contributed by atoms with Crippen molar-refractivity contribution in [2.75, 3.05) is 12.4 Å². The van der Waals surface area contributed by atoms with Crippen LogP contribution in [0.15, 0.2) is 53.0 Å². The van der Waals surface area contributed by atoms with Gasteiger partial charge in [0.25, 0.3) is 0 Å². The molecule has 0 spiro atoms. The number of rotatable bonds is 6. The third-order valence-electron chi connectivity index (χ3n) is 3.32. The van der Waals surface area contributed by atoms with Crippen LogP contribution in [0.1, 0.15) is 18.1 Å². The molecule has 130 valence electrons. The number of hydrogen-bond acceptors (Lipinski definition) is 3. The minimum absolute atomic E-state index is 0.132. The fraction of sp³-hybridized carbons (Fsp3) is 0.158. The number of anilines is 1. The van der Waals surface area contributed by atoms with Crippen LogP contribution in [0.2, 0.25) is 0 Å². The van der Waals surface area contributed by atoms with E-state index in [4.69, 9.17) is 4.74 Å². The van der Waals surface area contributed by atoms with Crippen molar-refractivity contribution in [1.29, 1.82) is 0 Å². The zero-order chi connectivity index (χ0) is 18.2. The van der Waals surface area contributed by atoms with Gasteiger partial charge in [-0.25, -0.2) is 0 Å². The Labute approximate surface area is 155 Å². The Bertz CT molecular complexity index is 803. The van der Waals surface area contributed by atoms with Gasteiger partial charge in [-0.1, -0.05) is 28.1 Å². The first-order chi connectivity index (χ1) is 12.0. The van der Waals surface area contributed by atoms with Crippen LogP contribution in [0.5, 0.6) is 5.75 Å². The van der Waals surface area contributed by atoms with Crippen molar-refractivity contribution in [3.8, 4) is 5.75 Å². The molecule has 0 aliphatic rings. The fourth-order valence-corrected chi connectivity index (χ4v) is 2.59. The maximum Gasteiger partial charge on any atom is 0.244 e. The van der Waals surface area contributed by atoms with Gasteiger partial charge in [0, 0.05) is 35.3 Å². The van der Waals surface area contributed by atoms with E-state index in [0.717, 1.165) is 15.6 Å². The van der Waals surface area contributed by atoms with Crippen LogP contribution in [0.25, 0.3) is 6.08 Å². The summed E-state index contributed by atoms with van der Waals surface area (Å²) in [5.41, 5.74) is 2.40. The molecule has 0 aliphatic carbocycles. The smallest absolute Gasteiger partial charge is 0.244 e. The van der Waals surface area contributed by atoms with Crippen LogP contribution in [-0.4, -0.2) is 18.9 Å². The van der Waals surface area contributed by atoms with Gasteiger partial charge < -0.3 is 15.4 Å². The number of ether oxygens (including phenoxy) is 1. The molecule has 0 aromatic heterocycles. The van der Waals surface area contributed by atoms with E-state index in [1.807, 2.05) is 36.4 Å². The quantitative estimate of drug-likeness (QED) is 0.723. The molecular formula is C19H19BrN2O3. The van der Waals surface area contributed by atoms with E-state index in [-0.39, 0.29) is 11.8 Å². The van der Waals surface area contributed by atoms with Gasteiger partial charge in [0.2, 0.25) is 11.8 Å². The van der Waals surface area contributed by atoms with Crippen LogP contribution in [0.3, 0.4) is 0 Å². The molecule has 0 fully saturated rings. The van der Waals surface area contributed by atoms with E-state index >= 15 is 0 Å². The lowest BCUT2D eigenvalue weighted by Crippen LogP contribution is -2.20. The predicted molar refractivity (Wildman–Crippen MR) is 102 cm³/mol. The van der Waals surface area contributed by atoms with Gasteiger partial charge in [-0.05, 0) is 42.0 Å². The summed E-state index contributed by atoms with van der Waals surface area (Å²) in [6.45, 7) is 1.82. The molecule has 6 heteroatoms. The summed E-state index contributed by atoms with van der Waals surface area (Å²) in [5, 5.41) is 5.52. The van der Waals surface area contributed by atoms with Gasteiger partial charge >= 0.3 is 0 Å². The second-order valence-corrected chi connectivity index (χ2v) is 6.23. The molecule has 2 N–H and O–H groups in total.